The van der Waals surface area contributed by atoms with Gasteiger partial charge < -0.3 is 10.2 Å². The second-order valence-corrected chi connectivity index (χ2v) is 7.14. The molecule has 0 bridgehead atoms. The van der Waals surface area contributed by atoms with Crippen LogP contribution in [0, 0.1) is 17.2 Å². The third-order valence-electron chi connectivity index (χ3n) is 4.72. The van der Waals surface area contributed by atoms with Crippen LogP contribution in [0.3, 0.4) is 0 Å². The predicted octanol–water partition coefficient (Wildman–Crippen LogP) is 2.52. The molecule has 0 unspecified atom stereocenters. The minimum atomic E-state index is -0.823. The lowest BCUT2D eigenvalue weighted by Gasteiger charge is -2.36. The quantitative estimate of drug-likeness (QED) is 0.888. The Bertz CT molecular complexity index is 620. The normalized spacial score (nSPS) is 18.1. The summed E-state index contributed by atoms with van der Waals surface area (Å²) < 4.78 is 0. The predicted molar refractivity (Wildman–Crippen MR) is 97.1 cm³/mol. The van der Waals surface area contributed by atoms with E-state index in [1.54, 1.807) is 6.92 Å². The van der Waals surface area contributed by atoms with Gasteiger partial charge >= 0.3 is 0 Å². The fourth-order valence-electron chi connectivity index (χ4n) is 2.69. The second-order valence-electron chi connectivity index (χ2n) is 6.73. The number of anilines is 1. The first-order valence-corrected chi connectivity index (χ1v) is 8.67. The van der Waals surface area contributed by atoms with Crippen molar-refractivity contribution in [3.8, 4) is 6.07 Å². The van der Waals surface area contributed by atoms with Gasteiger partial charge in [0.2, 0.25) is 5.91 Å². The number of rotatable bonds is 5. The molecule has 24 heavy (non-hydrogen) atoms. The highest BCUT2D eigenvalue weighted by atomic mass is 35.5. The van der Waals surface area contributed by atoms with Crippen LogP contribution in [0.1, 0.15) is 20.8 Å². The zero-order valence-electron chi connectivity index (χ0n) is 14.6. The van der Waals surface area contributed by atoms with E-state index >= 15 is 0 Å². The number of hydrogen-bond donors (Lipinski definition) is 1. The van der Waals surface area contributed by atoms with Gasteiger partial charge in [-0.15, -0.1) is 0 Å². The molecule has 1 saturated heterocycles. The number of nitrogens with zero attached hydrogens (tertiary/aromatic N) is 3. The minimum Gasteiger partial charge on any atom is -0.368 e. The molecule has 1 aliphatic rings. The van der Waals surface area contributed by atoms with Crippen molar-refractivity contribution in [2.45, 2.75) is 26.3 Å². The number of carbonyl (C=O) groups is 1. The van der Waals surface area contributed by atoms with Gasteiger partial charge in [-0.3, -0.25) is 9.69 Å². The van der Waals surface area contributed by atoms with E-state index in [0.29, 0.717) is 6.54 Å². The Balaban J connectivity index is 1.86. The van der Waals surface area contributed by atoms with E-state index in [2.05, 4.69) is 21.2 Å². The molecular weight excluding hydrogens is 324 g/mol. The monoisotopic (exact) mass is 348 g/mol. The number of piperazine rings is 1. The van der Waals surface area contributed by atoms with Gasteiger partial charge in [0.25, 0.3) is 0 Å². The van der Waals surface area contributed by atoms with Crippen LogP contribution in [0.15, 0.2) is 24.3 Å². The maximum Gasteiger partial charge on any atom is 0.235 e. The molecule has 1 fully saturated rings. The average Bonchev–Trinajstić information content (AvgIpc) is 2.55. The third kappa shape index (κ3) is 4.40. The highest BCUT2D eigenvalue weighted by molar-refractivity contribution is 6.33. The molecule has 0 radical (unpaired) electrons. The van der Waals surface area contributed by atoms with Crippen LogP contribution in [0.2, 0.25) is 5.02 Å². The maximum atomic E-state index is 12.3. The Morgan fingerprint density at radius 1 is 1.33 bits per heavy atom. The van der Waals surface area contributed by atoms with Crippen molar-refractivity contribution >= 4 is 23.2 Å². The molecule has 0 aliphatic carbocycles. The van der Waals surface area contributed by atoms with Crippen molar-refractivity contribution in [2.24, 2.45) is 5.92 Å². The van der Waals surface area contributed by atoms with E-state index in [0.717, 1.165) is 36.9 Å². The molecule has 0 saturated carbocycles. The fraction of sp³-hybridized carbons (Fsp3) is 0.556. The van der Waals surface area contributed by atoms with Crippen LogP contribution < -0.4 is 10.2 Å². The summed E-state index contributed by atoms with van der Waals surface area (Å²) in [5.74, 6) is -0.0394. The molecule has 0 spiro atoms. The van der Waals surface area contributed by atoms with Crippen molar-refractivity contribution in [2.75, 3.05) is 37.6 Å². The first-order valence-electron chi connectivity index (χ1n) is 8.30. The Kier molecular flexibility index (Phi) is 6.09. The lowest BCUT2D eigenvalue weighted by atomic mass is 9.90. The number of benzene rings is 1. The molecule has 1 N–H and O–H groups in total. The number of halogens is 1. The largest absolute Gasteiger partial charge is 0.368 e. The molecule has 6 heteroatoms. The summed E-state index contributed by atoms with van der Waals surface area (Å²) in [6, 6.07) is 10.0. The van der Waals surface area contributed by atoms with Gasteiger partial charge in [-0.1, -0.05) is 37.6 Å². The van der Waals surface area contributed by atoms with E-state index in [4.69, 9.17) is 11.6 Å². The first-order chi connectivity index (χ1) is 11.4. The van der Waals surface area contributed by atoms with Gasteiger partial charge in [0.1, 0.15) is 5.54 Å². The van der Waals surface area contributed by atoms with Crippen LogP contribution in [0.25, 0.3) is 0 Å². The van der Waals surface area contributed by atoms with Gasteiger partial charge in [0, 0.05) is 26.2 Å². The average molecular weight is 349 g/mol. The van der Waals surface area contributed by atoms with E-state index in [-0.39, 0.29) is 11.8 Å². The van der Waals surface area contributed by atoms with Gasteiger partial charge in [0.05, 0.1) is 23.3 Å². The van der Waals surface area contributed by atoms with Crippen molar-refractivity contribution in [1.82, 2.24) is 10.2 Å². The highest BCUT2D eigenvalue weighted by Gasteiger charge is 2.30. The number of nitrogens with one attached hydrogen (secondary N) is 1. The van der Waals surface area contributed by atoms with Crippen molar-refractivity contribution in [1.29, 1.82) is 5.26 Å². The lowest BCUT2D eigenvalue weighted by Crippen LogP contribution is -2.54. The minimum absolute atomic E-state index is 0.0588. The molecule has 1 aromatic carbocycles. The standard InChI is InChI=1S/C18H25ClN4O/c1-14(2)18(3,13-20)21-17(24)12-22-8-10-23(11-9-22)16-7-5-4-6-15(16)19/h4-7,14H,8-12H2,1-3H3,(H,21,24)/t18-/m1/s1. The molecule has 0 aromatic heterocycles. The Hall–Kier alpha value is -1.77. The van der Waals surface area contributed by atoms with Crippen molar-refractivity contribution < 1.29 is 4.79 Å². The van der Waals surface area contributed by atoms with Crippen molar-refractivity contribution in [3.63, 3.8) is 0 Å². The van der Waals surface area contributed by atoms with Gasteiger partial charge in [-0.25, -0.2) is 0 Å². The summed E-state index contributed by atoms with van der Waals surface area (Å²) >= 11 is 6.25. The molecule has 5 nitrogen and oxygen atoms in total. The number of nitriles is 1. The molecule has 1 heterocycles. The Labute approximate surface area is 149 Å². The number of hydrogen-bond acceptors (Lipinski definition) is 4. The second kappa shape index (κ2) is 7.87. The molecule has 130 valence electrons. The smallest absolute Gasteiger partial charge is 0.235 e. The van der Waals surface area contributed by atoms with Crippen LogP contribution in [0.5, 0.6) is 0 Å². The molecule has 2 rings (SSSR count). The zero-order chi connectivity index (χ0) is 17.7. The highest BCUT2D eigenvalue weighted by Crippen LogP contribution is 2.26. The van der Waals surface area contributed by atoms with Crippen LogP contribution in [-0.4, -0.2) is 49.1 Å². The molecule has 1 aliphatic heterocycles. The maximum absolute atomic E-state index is 12.3. The molecule has 1 atom stereocenters. The van der Waals surface area contributed by atoms with Crippen LogP contribution in [0.4, 0.5) is 5.69 Å². The summed E-state index contributed by atoms with van der Waals surface area (Å²) in [5.41, 5.74) is 0.219. The van der Waals surface area contributed by atoms with E-state index in [1.165, 1.54) is 0 Å². The summed E-state index contributed by atoms with van der Waals surface area (Å²) in [5, 5.41) is 12.9. The third-order valence-corrected chi connectivity index (χ3v) is 5.04. The topological polar surface area (TPSA) is 59.4 Å². The zero-order valence-corrected chi connectivity index (χ0v) is 15.3. The summed E-state index contributed by atoms with van der Waals surface area (Å²) in [6.07, 6.45) is 0. The van der Waals surface area contributed by atoms with E-state index in [1.807, 2.05) is 38.1 Å². The summed E-state index contributed by atoms with van der Waals surface area (Å²) in [6.45, 7) is 9.21. The molecular formula is C18H25ClN4O. The van der Waals surface area contributed by atoms with E-state index < -0.39 is 5.54 Å². The molecule has 1 amide bonds. The van der Waals surface area contributed by atoms with Crippen LogP contribution in [-0.2, 0) is 4.79 Å². The van der Waals surface area contributed by atoms with Gasteiger partial charge in [-0.05, 0) is 25.0 Å². The number of carbonyl (C=O) groups excluding carboxylic acids is 1. The Morgan fingerprint density at radius 3 is 2.50 bits per heavy atom. The summed E-state index contributed by atoms with van der Waals surface area (Å²) in [4.78, 5) is 16.6. The summed E-state index contributed by atoms with van der Waals surface area (Å²) in [7, 11) is 0. The Morgan fingerprint density at radius 2 is 1.96 bits per heavy atom. The lowest BCUT2D eigenvalue weighted by molar-refractivity contribution is -0.124. The number of para-hydroxylation sites is 1. The molecule has 1 aromatic rings. The van der Waals surface area contributed by atoms with Crippen LogP contribution >= 0.6 is 11.6 Å². The number of amides is 1. The van der Waals surface area contributed by atoms with Gasteiger partial charge in [0.15, 0.2) is 0 Å². The van der Waals surface area contributed by atoms with Gasteiger partial charge in [-0.2, -0.15) is 5.26 Å². The first kappa shape index (κ1) is 18.6. The SMILES string of the molecule is CC(C)[C@@](C)(C#N)NC(=O)CN1CCN(c2ccccc2Cl)CC1. The van der Waals surface area contributed by atoms with Crippen molar-refractivity contribution in [3.05, 3.63) is 29.3 Å². The van der Waals surface area contributed by atoms with E-state index in [9.17, 15) is 10.1 Å². The fourth-order valence-corrected chi connectivity index (χ4v) is 2.94.